The van der Waals surface area contributed by atoms with Crippen molar-refractivity contribution in [3.8, 4) is 5.69 Å². The Bertz CT molecular complexity index is 526. The smallest absolute Gasteiger partial charge is 0.125 e. The first kappa shape index (κ1) is 13.7. The number of rotatable bonds is 5. The third-order valence-corrected chi connectivity index (χ3v) is 2.79. The number of halogens is 1. The minimum Gasteiger partial charge on any atom is -0.311 e. The highest BCUT2D eigenvalue weighted by molar-refractivity contribution is 5.35. The molecule has 1 aromatic carbocycles. The van der Waals surface area contributed by atoms with Gasteiger partial charge in [0.1, 0.15) is 5.82 Å². The van der Waals surface area contributed by atoms with E-state index in [4.69, 9.17) is 0 Å². The van der Waals surface area contributed by atoms with E-state index in [0.29, 0.717) is 5.92 Å². The molecular weight excluding hydrogens is 241 g/mol. The monoisotopic (exact) mass is 261 g/mol. The Morgan fingerprint density at radius 3 is 2.79 bits per heavy atom. The van der Waals surface area contributed by atoms with E-state index in [2.05, 4.69) is 24.3 Å². The Morgan fingerprint density at radius 1 is 1.32 bits per heavy atom. The van der Waals surface area contributed by atoms with Gasteiger partial charge in [-0.15, -0.1) is 0 Å². The minimum atomic E-state index is -0.231. The van der Waals surface area contributed by atoms with Gasteiger partial charge < -0.3 is 5.32 Å². The molecule has 0 saturated carbocycles. The molecule has 19 heavy (non-hydrogen) atoms. The van der Waals surface area contributed by atoms with Gasteiger partial charge in [0.2, 0.25) is 0 Å². The second-order valence-corrected chi connectivity index (χ2v) is 5.26. The number of hydrogen-bond acceptors (Lipinski definition) is 2. The standard InChI is InChI=1S/C15H20FN3/c1-11(2)9-17-10-14-4-5-19(18-14)15-7-12(3)6-13(16)8-15/h4-8,11,17H,9-10H2,1-3H3. The normalized spacial score (nSPS) is 11.2. The summed E-state index contributed by atoms with van der Waals surface area (Å²) < 4.78 is 15.1. The van der Waals surface area contributed by atoms with Crippen molar-refractivity contribution in [3.05, 3.63) is 47.5 Å². The van der Waals surface area contributed by atoms with Crippen LogP contribution in [0.3, 0.4) is 0 Å². The van der Waals surface area contributed by atoms with Gasteiger partial charge in [0.25, 0.3) is 0 Å². The van der Waals surface area contributed by atoms with Gasteiger partial charge in [-0.25, -0.2) is 9.07 Å². The van der Waals surface area contributed by atoms with E-state index < -0.39 is 0 Å². The van der Waals surface area contributed by atoms with Crippen molar-refractivity contribution >= 4 is 0 Å². The Morgan fingerprint density at radius 2 is 2.11 bits per heavy atom. The Hall–Kier alpha value is -1.68. The second kappa shape index (κ2) is 5.97. The third kappa shape index (κ3) is 3.89. The summed E-state index contributed by atoms with van der Waals surface area (Å²) in [6.45, 7) is 7.91. The summed E-state index contributed by atoms with van der Waals surface area (Å²) in [5, 5.41) is 7.79. The number of benzene rings is 1. The van der Waals surface area contributed by atoms with Crippen molar-refractivity contribution in [1.29, 1.82) is 0 Å². The highest BCUT2D eigenvalue weighted by Crippen LogP contribution is 2.12. The summed E-state index contributed by atoms with van der Waals surface area (Å²) in [4.78, 5) is 0. The predicted octanol–water partition coefficient (Wildman–Crippen LogP) is 3.07. The first-order valence-corrected chi connectivity index (χ1v) is 6.57. The summed E-state index contributed by atoms with van der Waals surface area (Å²) in [5.74, 6) is 0.387. The van der Waals surface area contributed by atoms with Gasteiger partial charge in [-0.3, -0.25) is 0 Å². The van der Waals surface area contributed by atoms with Gasteiger partial charge in [-0.2, -0.15) is 5.10 Å². The maximum Gasteiger partial charge on any atom is 0.125 e. The van der Waals surface area contributed by atoms with Crippen LogP contribution in [0.5, 0.6) is 0 Å². The Balaban J connectivity index is 2.07. The number of aromatic nitrogens is 2. The van der Waals surface area contributed by atoms with Crippen LogP contribution in [-0.2, 0) is 6.54 Å². The lowest BCUT2D eigenvalue weighted by atomic mass is 10.2. The molecule has 1 N–H and O–H groups in total. The van der Waals surface area contributed by atoms with Gasteiger partial charge >= 0.3 is 0 Å². The molecule has 0 bridgehead atoms. The van der Waals surface area contributed by atoms with Gasteiger partial charge in [-0.1, -0.05) is 13.8 Å². The molecule has 0 unspecified atom stereocenters. The van der Waals surface area contributed by atoms with Crippen molar-refractivity contribution in [2.24, 2.45) is 5.92 Å². The lowest BCUT2D eigenvalue weighted by Gasteiger charge is -2.05. The number of aryl methyl sites for hydroxylation is 1. The van der Waals surface area contributed by atoms with Crippen LogP contribution in [-0.4, -0.2) is 16.3 Å². The predicted molar refractivity (Wildman–Crippen MR) is 74.8 cm³/mol. The maximum absolute atomic E-state index is 13.4. The van der Waals surface area contributed by atoms with Crippen LogP contribution in [0, 0.1) is 18.7 Å². The van der Waals surface area contributed by atoms with Crippen LogP contribution in [0.4, 0.5) is 4.39 Å². The maximum atomic E-state index is 13.4. The van der Waals surface area contributed by atoms with E-state index in [1.54, 1.807) is 4.68 Å². The fourth-order valence-electron chi connectivity index (χ4n) is 1.94. The molecule has 0 aliphatic heterocycles. The second-order valence-electron chi connectivity index (χ2n) is 5.26. The fraction of sp³-hybridized carbons (Fsp3) is 0.400. The van der Waals surface area contributed by atoms with Crippen LogP contribution in [0.25, 0.3) is 5.69 Å². The zero-order chi connectivity index (χ0) is 13.8. The zero-order valence-electron chi connectivity index (χ0n) is 11.7. The van der Waals surface area contributed by atoms with E-state index >= 15 is 0 Å². The molecule has 1 heterocycles. The average molecular weight is 261 g/mol. The summed E-state index contributed by atoms with van der Waals surface area (Å²) in [5.41, 5.74) is 2.61. The van der Waals surface area contributed by atoms with Gasteiger partial charge in [-0.05, 0) is 49.2 Å². The molecule has 2 rings (SSSR count). The summed E-state index contributed by atoms with van der Waals surface area (Å²) >= 11 is 0. The third-order valence-electron chi connectivity index (χ3n) is 2.79. The molecule has 102 valence electrons. The molecule has 3 nitrogen and oxygen atoms in total. The average Bonchev–Trinajstić information content (AvgIpc) is 2.76. The molecule has 0 fully saturated rings. The van der Waals surface area contributed by atoms with E-state index in [1.807, 2.05) is 25.3 Å². The van der Waals surface area contributed by atoms with Crippen LogP contribution in [0.1, 0.15) is 25.1 Å². The molecule has 0 atom stereocenters. The molecule has 0 aliphatic rings. The lowest BCUT2D eigenvalue weighted by molar-refractivity contribution is 0.546. The van der Waals surface area contributed by atoms with Crippen LogP contribution >= 0.6 is 0 Å². The van der Waals surface area contributed by atoms with Crippen molar-refractivity contribution in [2.45, 2.75) is 27.3 Å². The first-order valence-electron chi connectivity index (χ1n) is 6.57. The Kier molecular flexibility index (Phi) is 4.32. The van der Waals surface area contributed by atoms with Crippen molar-refractivity contribution in [1.82, 2.24) is 15.1 Å². The van der Waals surface area contributed by atoms with E-state index in [1.165, 1.54) is 12.1 Å². The lowest BCUT2D eigenvalue weighted by Crippen LogP contribution is -2.19. The minimum absolute atomic E-state index is 0.231. The topological polar surface area (TPSA) is 29.9 Å². The van der Waals surface area contributed by atoms with Crippen LogP contribution in [0.15, 0.2) is 30.5 Å². The molecule has 0 amide bonds. The highest BCUT2D eigenvalue weighted by Gasteiger charge is 2.04. The Labute approximate surface area is 113 Å². The van der Waals surface area contributed by atoms with Crippen molar-refractivity contribution < 1.29 is 4.39 Å². The molecule has 1 aromatic heterocycles. The first-order chi connectivity index (χ1) is 9.04. The summed E-state index contributed by atoms with van der Waals surface area (Å²) in [7, 11) is 0. The van der Waals surface area contributed by atoms with Crippen molar-refractivity contribution in [2.75, 3.05) is 6.54 Å². The van der Waals surface area contributed by atoms with Gasteiger partial charge in [0.15, 0.2) is 0 Å². The zero-order valence-corrected chi connectivity index (χ0v) is 11.7. The number of nitrogens with one attached hydrogen (secondary N) is 1. The SMILES string of the molecule is Cc1cc(F)cc(-n2ccc(CNCC(C)C)n2)c1. The van der Waals surface area contributed by atoms with E-state index in [-0.39, 0.29) is 5.82 Å². The van der Waals surface area contributed by atoms with Gasteiger partial charge in [0, 0.05) is 12.7 Å². The number of hydrogen-bond donors (Lipinski definition) is 1. The molecule has 0 aliphatic carbocycles. The molecule has 0 spiro atoms. The summed E-state index contributed by atoms with van der Waals surface area (Å²) in [6, 6.07) is 6.87. The van der Waals surface area contributed by atoms with Crippen LogP contribution < -0.4 is 5.32 Å². The quantitative estimate of drug-likeness (QED) is 0.896. The fourth-order valence-corrected chi connectivity index (χ4v) is 1.94. The molecular formula is C15H20FN3. The summed E-state index contributed by atoms with van der Waals surface area (Å²) in [6.07, 6.45) is 1.86. The largest absolute Gasteiger partial charge is 0.311 e. The molecule has 0 saturated heterocycles. The van der Waals surface area contributed by atoms with E-state index in [0.717, 1.165) is 30.0 Å². The van der Waals surface area contributed by atoms with Crippen LogP contribution in [0.2, 0.25) is 0 Å². The highest BCUT2D eigenvalue weighted by atomic mass is 19.1. The molecule has 0 radical (unpaired) electrons. The number of nitrogens with zero attached hydrogens (tertiary/aromatic N) is 2. The van der Waals surface area contributed by atoms with E-state index in [9.17, 15) is 4.39 Å². The molecule has 2 aromatic rings. The van der Waals surface area contributed by atoms with Crippen molar-refractivity contribution in [3.63, 3.8) is 0 Å². The molecule has 4 heteroatoms. The van der Waals surface area contributed by atoms with Gasteiger partial charge in [0.05, 0.1) is 11.4 Å².